The molecule has 4 rings (SSSR count). The predicted octanol–water partition coefficient (Wildman–Crippen LogP) is 2.60. The molecule has 2 unspecified atom stereocenters. The molecule has 0 aromatic heterocycles. The molecule has 2 heterocycles. The molecule has 3 N–H and O–H groups in total. The third-order valence-electron chi connectivity index (χ3n) is 6.38. The van der Waals surface area contributed by atoms with Crippen molar-refractivity contribution in [3.05, 3.63) is 59.9 Å². The van der Waals surface area contributed by atoms with E-state index in [1.54, 1.807) is 7.11 Å². The van der Waals surface area contributed by atoms with Crippen LogP contribution in [0.3, 0.4) is 0 Å². The first-order valence-corrected chi connectivity index (χ1v) is 11.5. The quantitative estimate of drug-likeness (QED) is 0.622. The van der Waals surface area contributed by atoms with E-state index >= 15 is 0 Å². The first kappa shape index (κ1) is 23.7. The highest BCUT2D eigenvalue weighted by atomic mass is 19.1. The lowest BCUT2D eigenvalue weighted by Crippen LogP contribution is -2.43. The number of nitrogens with zero attached hydrogens (tertiary/aromatic N) is 3. The summed E-state index contributed by atoms with van der Waals surface area (Å²) in [5, 5.41) is 8.76. The van der Waals surface area contributed by atoms with Gasteiger partial charge in [0.1, 0.15) is 23.3 Å². The molecule has 2 amide bonds. The Morgan fingerprint density at radius 1 is 1.15 bits per heavy atom. The largest absolute Gasteiger partial charge is 0.496 e. The molecule has 34 heavy (non-hydrogen) atoms. The molecule has 0 aliphatic carbocycles. The molecule has 8 nitrogen and oxygen atoms in total. The Labute approximate surface area is 198 Å². The maximum Gasteiger partial charge on any atom is 0.267 e. The van der Waals surface area contributed by atoms with E-state index in [0.29, 0.717) is 12.2 Å². The average Bonchev–Trinajstić information content (AvgIpc) is 3.31. The van der Waals surface area contributed by atoms with Crippen molar-refractivity contribution in [1.29, 1.82) is 0 Å². The van der Waals surface area contributed by atoms with E-state index in [0.717, 1.165) is 37.2 Å². The molecule has 0 spiro atoms. The van der Waals surface area contributed by atoms with Crippen LogP contribution in [0.2, 0.25) is 0 Å². The summed E-state index contributed by atoms with van der Waals surface area (Å²) in [4.78, 5) is 27.5. The summed E-state index contributed by atoms with van der Waals surface area (Å²) >= 11 is 0. The van der Waals surface area contributed by atoms with Crippen molar-refractivity contribution in [2.45, 2.75) is 37.8 Å². The second-order valence-electron chi connectivity index (χ2n) is 8.55. The molecule has 2 aromatic carbocycles. The van der Waals surface area contributed by atoms with Gasteiger partial charge in [-0.05, 0) is 56.3 Å². The highest BCUT2D eigenvalue weighted by Crippen LogP contribution is 2.31. The summed E-state index contributed by atoms with van der Waals surface area (Å²) in [5.74, 6) is -0.578. The number of benzene rings is 2. The van der Waals surface area contributed by atoms with Gasteiger partial charge >= 0.3 is 0 Å². The average molecular weight is 468 g/mol. The number of para-hydroxylation sites is 1. The first-order chi connectivity index (χ1) is 16.5. The van der Waals surface area contributed by atoms with Crippen LogP contribution in [0, 0.1) is 5.82 Å². The van der Waals surface area contributed by atoms with Gasteiger partial charge in [-0.3, -0.25) is 19.5 Å². The van der Waals surface area contributed by atoms with Gasteiger partial charge in [-0.2, -0.15) is 5.10 Å². The van der Waals surface area contributed by atoms with Crippen molar-refractivity contribution in [3.8, 4) is 5.75 Å². The van der Waals surface area contributed by atoms with E-state index in [1.807, 2.05) is 24.3 Å². The number of anilines is 1. The summed E-state index contributed by atoms with van der Waals surface area (Å²) in [6, 6.07) is 12.5. The second kappa shape index (κ2) is 10.6. The van der Waals surface area contributed by atoms with E-state index in [1.165, 1.54) is 35.7 Å². The lowest BCUT2D eigenvalue weighted by molar-refractivity contribution is -0.119. The van der Waals surface area contributed by atoms with Crippen LogP contribution in [0.4, 0.5) is 10.1 Å². The number of hydrogen-bond donors (Lipinski definition) is 2. The van der Waals surface area contributed by atoms with Crippen molar-refractivity contribution >= 4 is 23.2 Å². The summed E-state index contributed by atoms with van der Waals surface area (Å²) in [6.07, 6.45) is 3.51. The van der Waals surface area contributed by atoms with Crippen LogP contribution in [0.15, 0.2) is 53.6 Å². The monoisotopic (exact) mass is 467 g/mol. The maximum atomic E-state index is 13.3. The number of likely N-dealkylation sites (tertiary alicyclic amines) is 1. The van der Waals surface area contributed by atoms with Crippen LogP contribution >= 0.6 is 0 Å². The van der Waals surface area contributed by atoms with Gasteiger partial charge in [-0.25, -0.2) is 4.39 Å². The Bertz CT molecular complexity index is 1050. The predicted molar refractivity (Wildman–Crippen MR) is 128 cm³/mol. The lowest BCUT2D eigenvalue weighted by Gasteiger charge is -2.35. The molecule has 180 valence electrons. The van der Waals surface area contributed by atoms with Crippen LogP contribution in [-0.4, -0.2) is 55.2 Å². The van der Waals surface area contributed by atoms with Gasteiger partial charge in [0.25, 0.3) is 5.91 Å². The zero-order valence-corrected chi connectivity index (χ0v) is 19.2. The number of ether oxygens (including phenoxy) is 1. The molecule has 2 aliphatic rings. The van der Waals surface area contributed by atoms with Crippen LogP contribution in [0.25, 0.3) is 0 Å². The van der Waals surface area contributed by atoms with Crippen molar-refractivity contribution < 1.29 is 18.7 Å². The second-order valence-corrected chi connectivity index (χ2v) is 8.55. The Morgan fingerprint density at radius 3 is 2.53 bits per heavy atom. The number of carbonyl (C=O) groups is 2. The highest BCUT2D eigenvalue weighted by molar-refractivity contribution is 6.40. The van der Waals surface area contributed by atoms with Crippen molar-refractivity contribution in [2.24, 2.45) is 10.8 Å². The van der Waals surface area contributed by atoms with Crippen molar-refractivity contribution in [1.82, 2.24) is 10.2 Å². The van der Waals surface area contributed by atoms with E-state index in [-0.39, 0.29) is 24.1 Å². The molecule has 2 aliphatic heterocycles. The minimum atomic E-state index is -0.807. The molecule has 2 aromatic rings. The number of piperidine rings is 1. The fourth-order valence-corrected chi connectivity index (χ4v) is 4.60. The van der Waals surface area contributed by atoms with Gasteiger partial charge in [-0.15, -0.1) is 0 Å². The van der Waals surface area contributed by atoms with Gasteiger partial charge in [0, 0.05) is 18.5 Å². The highest BCUT2D eigenvalue weighted by Gasteiger charge is 2.35. The Morgan fingerprint density at radius 2 is 1.85 bits per heavy atom. The molecule has 0 bridgehead atoms. The summed E-state index contributed by atoms with van der Waals surface area (Å²) in [5.41, 5.74) is 7.29. The van der Waals surface area contributed by atoms with Gasteiger partial charge in [0.05, 0.1) is 18.8 Å². The van der Waals surface area contributed by atoms with Crippen molar-refractivity contribution in [2.75, 3.05) is 31.8 Å². The molecular weight excluding hydrogens is 437 g/mol. The Hall–Kier alpha value is -3.46. The smallest absolute Gasteiger partial charge is 0.267 e. The molecular formula is C25H30FN5O3. The maximum absolute atomic E-state index is 13.3. The van der Waals surface area contributed by atoms with Gasteiger partial charge in [-0.1, -0.05) is 24.6 Å². The third kappa shape index (κ3) is 5.20. The number of amides is 2. The topological polar surface area (TPSA) is 100 Å². The number of hydrazone groups is 1. The van der Waals surface area contributed by atoms with E-state index in [4.69, 9.17) is 10.5 Å². The summed E-state index contributed by atoms with van der Waals surface area (Å²) < 4.78 is 18.9. The molecule has 0 radical (unpaired) electrons. The summed E-state index contributed by atoms with van der Waals surface area (Å²) in [7, 11) is 1.64. The zero-order valence-electron chi connectivity index (χ0n) is 19.2. The summed E-state index contributed by atoms with van der Waals surface area (Å²) in [6.45, 7) is 2.26. The minimum absolute atomic E-state index is 0.0532. The molecule has 9 heteroatoms. The fraction of sp³-hybridized carbons (Fsp3) is 0.400. The SMILES string of the molecule is COc1ccccc1C(CNC(=O)C1=NN(c2ccc(F)cc2)C(C(N)=O)C1)N1CCCCC1. The number of primary amides is 1. The molecule has 1 saturated heterocycles. The number of hydrogen-bond acceptors (Lipinski definition) is 6. The van der Waals surface area contributed by atoms with Crippen LogP contribution in [-0.2, 0) is 9.59 Å². The lowest BCUT2D eigenvalue weighted by atomic mass is 10.0. The minimum Gasteiger partial charge on any atom is -0.496 e. The van der Waals surface area contributed by atoms with E-state index in [9.17, 15) is 14.0 Å². The third-order valence-corrected chi connectivity index (χ3v) is 6.38. The van der Waals surface area contributed by atoms with Gasteiger partial charge in [0.2, 0.25) is 5.91 Å². The number of methoxy groups -OCH3 is 1. The Balaban J connectivity index is 1.52. The number of carbonyl (C=O) groups excluding carboxylic acids is 2. The number of rotatable bonds is 8. The first-order valence-electron chi connectivity index (χ1n) is 11.5. The molecule has 1 fully saturated rings. The molecule has 2 atom stereocenters. The standard InChI is InChI=1S/C25H30FN5O3/c1-34-23-8-4-3-7-19(23)22(30-13-5-2-6-14-30)16-28-25(33)20-15-21(24(27)32)31(29-20)18-11-9-17(26)10-12-18/h3-4,7-12,21-22H,2,5-6,13-16H2,1H3,(H2,27,32)(H,28,33). The van der Waals surface area contributed by atoms with Gasteiger partial charge < -0.3 is 15.8 Å². The van der Waals surface area contributed by atoms with Gasteiger partial charge in [0.15, 0.2) is 0 Å². The fourth-order valence-electron chi connectivity index (χ4n) is 4.60. The Kier molecular flexibility index (Phi) is 7.42. The van der Waals surface area contributed by atoms with Crippen molar-refractivity contribution in [3.63, 3.8) is 0 Å². The number of halogens is 1. The van der Waals surface area contributed by atoms with E-state index < -0.39 is 17.8 Å². The number of nitrogens with one attached hydrogen (secondary N) is 1. The van der Waals surface area contributed by atoms with Crippen LogP contribution < -0.4 is 20.8 Å². The van der Waals surface area contributed by atoms with E-state index in [2.05, 4.69) is 15.3 Å². The van der Waals surface area contributed by atoms with Crippen LogP contribution in [0.1, 0.15) is 37.3 Å². The number of nitrogens with two attached hydrogens (primary N) is 1. The molecule has 0 saturated carbocycles. The normalized spacial score (nSPS) is 19.4. The van der Waals surface area contributed by atoms with Crippen LogP contribution in [0.5, 0.6) is 5.75 Å². The zero-order chi connectivity index (χ0) is 24.1.